The maximum absolute atomic E-state index is 13.0. The standard InChI is InChI=1S/C28H27N5O7/c34-10-18-17(35)9-19(40-18)33-11-29-22-26(33)31-28(32-27(22)39)30-21-20-15(23(36)25(38)24(21)37)6-5-14-7-12-3-1-2-4-13(12)8-16(14)20/h1-8,11,17-19,21,23-25,34-38H,9-10H2,(H2,30,31,32,39)/t17-,18+,19+,21-,23-,24+,25+/m0/s1. The highest BCUT2D eigenvalue weighted by Crippen LogP contribution is 2.43. The molecular weight excluding hydrogens is 518 g/mol. The molecule has 2 aliphatic rings. The zero-order valence-corrected chi connectivity index (χ0v) is 21.0. The fraction of sp³-hybridized carbons (Fsp3) is 0.321. The Morgan fingerprint density at radius 2 is 1.80 bits per heavy atom. The third kappa shape index (κ3) is 3.80. The number of aromatic nitrogens is 4. The zero-order valence-electron chi connectivity index (χ0n) is 21.0. The van der Waals surface area contributed by atoms with Crippen molar-refractivity contribution in [2.45, 2.75) is 49.2 Å². The van der Waals surface area contributed by atoms with Crippen molar-refractivity contribution in [3.63, 3.8) is 0 Å². The fourth-order valence-corrected chi connectivity index (χ4v) is 5.96. The van der Waals surface area contributed by atoms with Gasteiger partial charge in [-0.2, -0.15) is 4.98 Å². The molecule has 0 spiro atoms. The smallest absolute Gasteiger partial charge is 0.280 e. The molecule has 3 heterocycles. The minimum atomic E-state index is -1.49. The predicted octanol–water partition coefficient (Wildman–Crippen LogP) is 0.989. The summed E-state index contributed by atoms with van der Waals surface area (Å²) >= 11 is 0. The summed E-state index contributed by atoms with van der Waals surface area (Å²) in [7, 11) is 0. The number of aliphatic hydroxyl groups is 5. The number of aliphatic hydroxyl groups excluding tert-OH is 5. The van der Waals surface area contributed by atoms with Crippen molar-refractivity contribution in [3.8, 4) is 0 Å². The number of fused-ring (bicyclic) bond motifs is 5. The molecule has 1 aliphatic carbocycles. The second kappa shape index (κ2) is 9.34. The predicted molar refractivity (Wildman–Crippen MR) is 145 cm³/mol. The van der Waals surface area contributed by atoms with Crippen molar-refractivity contribution >= 4 is 38.7 Å². The number of hydrogen-bond acceptors (Lipinski definition) is 10. The van der Waals surface area contributed by atoms with Gasteiger partial charge in [-0.25, -0.2) is 4.98 Å². The molecule has 12 heteroatoms. The lowest BCUT2D eigenvalue weighted by Crippen LogP contribution is -2.44. The SMILES string of the molecule is O=c1[nH]c(N[C@H]2c3c(ccc4cc5ccccc5cc34)[C@H](O)[C@@H](O)[C@@H]2O)nc2c1ncn2[C@H]1C[C@H](O)[C@@H](CO)O1. The van der Waals surface area contributed by atoms with Gasteiger partial charge in [0.2, 0.25) is 5.95 Å². The van der Waals surface area contributed by atoms with Gasteiger partial charge in [0.1, 0.15) is 30.6 Å². The first-order valence-electron chi connectivity index (χ1n) is 13.0. The van der Waals surface area contributed by atoms with Crippen LogP contribution in [-0.4, -0.2) is 76.1 Å². The van der Waals surface area contributed by atoms with E-state index in [9.17, 15) is 30.3 Å². The number of hydrogen-bond donors (Lipinski definition) is 7. The first-order chi connectivity index (χ1) is 19.3. The Kier molecular flexibility index (Phi) is 5.85. The van der Waals surface area contributed by atoms with Crippen LogP contribution in [0.5, 0.6) is 0 Å². The lowest BCUT2D eigenvalue weighted by molar-refractivity contribution is -0.0767. The number of ether oxygens (including phenoxy) is 1. The summed E-state index contributed by atoms with van der Waals surface area (Å²) < 4.78 is 7.24. The molecule has 12 nitrogen and oxygen atoms in total. The lowest BCUT2D eigenvalue weighted by Gasteiger charge is -2.38. The van der Waals surface area contributed by atoms with Crippen LogP contribution in [0.4, 0.5) is 5.95 Å². The summed E-state index contributed by atoms with van der Waals surface area (Å²) in [6, 6.07) is 14.5. The van der Waals surface area contributed by atoms with E-state index in [1.807, 2.05) is 42.5 Å². The molecule has 2 aromatic heterocycles. The molecule has 1 aliphatic heterocycles. The lowest BCUT2D eigenvalue weighted by atomic mass is 9.79. The summed E-state index contributed by atoms with van der Waals surface area (Å²) in [5.41, 5.74) is 0.719. The Morgan fingerprint density at radius 3 is 2.55 bits per heavy atom. The highest BCUT2D eigenvalue weighted by atomic mass is 16.5. The summed E-state index contributed by atoms with van der Waals surface area (Å²) in [6.45, 7) is -0.360. The van der Waals surface area contributed by atoms with Gasteiger partial charge in [0, 0.05) is 6.42 Å². The Labute approximate surface area is 226 Å². The Hall–Kier alpha value is -3.91. The largest absolute Gasteiger partial charge is 0.394 e. The molecule has 206 valence electrons. The van der Waals surface area contributed by atoms with Crippen molar-refractivity contribution in [1.29, 1.82) is 0 Å². The van der Waals surface area contributed by atoms with Crippen LogP contribution in [-0.2, 0) is 4.74 Å². The van der Waals surface area contributed by atoms with E-state index in [4.69, 9.17) is 4.74 Å². The topological polar surface area (TPSA) is 186 Å². The Balaban J connectivity index is 1.35. The van der Waals surface area contributed by atoms with Crippen molar-refractivity contribution in [3.05, 3.63) is 76.3 Å². The fourth-order valence-electron chi connectivity index (χ4n) is 5.96. The molecular formula is C28H27N5O7. The van der Waals surface area contributed by atoms with Crippen LogP contribution >= 0.6 is 0 Å². The maximum atomic E-state index is 13.0. The van der Waals surface area contributed by atoms with E-state index in [2.05, 4.69) is 20.3 Å². The van der Waals surface area contributed by atoms with E-state index in [0.29, 0.717) is 11.1 Å². The van der Waals surface area contributed by atoms with Gasteiger partial charge in [0.05, 0.1) is 25.1 Å². The summed E-state index contributed by atoms with van der Waals surface area (Å²) in [5, 5.41) is 59.1. The van der Waals surface area contributed by atoms with Gasteiger partial charge in [-0.1, -0.05) is 36.4 Å². The van der Waals surface area contributed by atoms with Gasteiger partial charge in [-0.3, -0.25) is 14.3 Å². The van der Waals surface area contributed by atoms with E-state index < -0.39 is 48.3 Å². The molecule has 0 saturated carbocycles. The molecule has 5 aromatic rings. The second-order valence-electron chi connectivity index (χ2n) is 10.4. The summed E-state index contributed by atoms with van der Waals surface area (Å²) in [5.74, 6) is 0.00730. The first kappa shape index (κ1) is 25.1. The average molecular weight is 546 g/mol. The molecule has 40 heavy (non-hydrogen) atoms. The van der Waals surface area contributed by atoms with Crippen LogP contribution in [0.25, 0.3) is 32.7 Å². The maximum Gasteiger partial charge on any atom is 0.280 e. The van der Waals surface area contributed by atoms with Crippen molar-refractivity contribution in [1.82, 2.24) is 19.5 Å². The van der Waals surface area contributed by atoms with Gasteiger partial charge >= 0.3 is 0 Å². The molecule has 1 saturated heterocycles. The van der Waals surface area contributed by atoms with Gasteiger partial charge in [0.15, 0.2) is 11.2 Å². The minimum Gasteiger partial charge on any atom is -0.394 e. The number of nitrogens with zero attached hydrogens (tertiary/aromatic N) is 3. The number of anilines is 1. The van der Waals surface area contributed by atoms with E-state index in [-0.39, 0.29) is 30.1 Å². The number of nitrogens with one attached hydrogen (secondary N) is 2. The third-order valence-corrected chi connectivity index (χ3v) is 8.02. The van der Waals surface area contributed by atoms with E-state index in [1.54, 1.807) is 6.07 Å². The number of rotatable bonds is 4. The van der Waals surface area contributed by atoms with E-state index in [0.717, 1.165) is 21.5 Å². The second-order valence-corrected chi connectivity index (χ2v) is 10.4. The average Bonchev–Trinajstić information content (AvgIpc) is 3.55. The quantitative estimate of drug-likeness (QED) is 0.161. The van der Waals surface area contributed by atoms with Crippen LogP contribution < -0.4 is 10.9 Å². The minimum absolute atomic E-state index is 0.00730. The van der Waals surface area contributed by atoms with E-state index in [1.165, 1.54) is 10.9 Å². The number of H-pyrrole nitrogens is 1. The highest BCUT2D eigenvalue weighted by molar-refractivity contribution is 6.00. The molecule has 7 atom stereocenters. The van der Waals surface area contributed by atoms with Crippen molar-refractivity contribution in [2.24, 2.45) is 0 Å². The number of benzene rings is 3. The molecule has 7 rings (SSSR count). The third-order valence-electron chi connectivity index (χ3n) is 8.02. The summed E-state index contributed by atoms with van der Waals surface area (Å²) in [6.07, 6.45) is -5.05. The van der Waals surface area contributed by atoms with Gasteiger partial charge in [0.25, 0.3) is 5.56 Å². The molecule has 1 fully saturated rings. The molecule has 0 radical (unpaired) electrons. The van der Waals surface area contributed by atoms with Crippen molar-refractivity contribution < 1.29 is 30.3 Å². The molecule has 0 amide bonds. The monoisotopic (exact) mass is 545 g/mol. The molecule has 0 unspecified atom stereocenters. The van der Waals surface area contributed by atoms with Crippen molar-refractivity contribution in [2.75, 3.05) is 11.9 Å². The van der Waals surface area contributed by atoms with Crippen LogP contribution in [0.1, 0.15) is 35.9 Å². The van der Waals surface area contributed by atoms with Gasteiger partial charge in [-0.05, 0) is 44.8 Å². The zero-order chi connectivity index (χ0) is 27.7. The first-order valence-corrected chi connectivity index (χ1v) is 13.0. The number of imidazole rings is 1. The van der Waals surface area contributed by atoms with Crippen LogP contribution in [0.3, 0.4) is 0 Å². The normalized spacial score (nSPS) is 28.4. The molecule has 3 aromatic carbocycles. The van der Waals surface area contributed by atoms with Crippen LogP contribution in [0.15, 0.2) is 59.7 Å². The summed E-state index contributed by atoms with van der Waals surface area (Å²) in [4.78, 5) is 24.3. The molecule has 7 N–H and O–H groups in total. The highest BCUT2D eigenvalue weighted by Gasteiger charge is 2.42. The van der Waals surface area contributed by atoms with E-state index >= 15 is 0 Å². The Morgan fingerprint density at radius 1 is 1.02 bits per heavy atom. The Bertz CT molecular complexity index is 1820. The van der Waals surface area contributed by atoms with Crippen LogP contribution in [0.2, 0.25) is 0 Å². The number of aromatic amines is 1. The van der Waals surface area contributed by atoms with Gasteiger partial charge in [-0.15, -0.1) is 0 Å². The van der Waals surface area contributed by atoms with Gasteiger partial charge < -0.3 is 35.6 Å². The van der Waals surface area contributed by atoms with Crippen LogP contribution in [0, 0.1) is 0 Å². The molecule has 0 bridgehead atoms.